The van der Waals surface area contributed by atoms with E-state index in [1.54, 1.807) is 65.8 Å². The van der Waals surface area contributed by atoms with Crippen LogP contribution < -0.4 is 4.90 Å². The zero-order valence-corrected chi connectivity index (χ0v) is 19.6. The van der Waals surface area contributed by atoms with Gasteiger partial charge in [0.15, 0.2) is 9.84 Å². The molecule has 0 fully saturated rings. The second-order valence-corrected chi connectivity index (χ2v) is 11.0. The second-order valence-electron chi connectivity index (χ2n) is 8.97. The highest BCUT2D eigenvalue weighted by molar-refractivity contribution is 7.90. The van der Waals surface area contributed by atoms with Gasteiger partial charge in [-0.3, -0.25) is 0 Å². The molecule has 0 bridgehead atoms. The summed E-state index contributed by atoms with van der Waals surface area (Å²) in [5, 5.41) is 0. The fourth-order valence-corrected chi connectivity index (χ4v) is 3.49. The molecule has 0 radical (unpaired) electrons. The maximum absolute atomic E-state index is 12.7. The molecule has 168 valence electrons. The number of ether oxygens (including phenoxy) is 2. The third-order valence-corrected chi connectivity index (χ3v) is 4.88. The Bertz CT molecular complexity index is 1040. The van der Waals surface area contributed by atoms with Crippen molar-refractivity contribution < 1.29 is 27.5 Å². The van der Waals surface area contributed by atoms with Gasteiger partial charge in [0.2, 0.25) is 0 Å². The van der Waals surface area contributed by atoms with Crippen molar-refractivity contribution in [3.63, 3.8) is 0 Å². The Hall–Kier alpha value is -2.94. The lowest BCUT2D eigenvalue weighted by molar-refractivity contribution is 0.0429. The number of rotatable bonds is 3. The summed E-state index contributed by atoms with van der Waals surface area (Å²) in [6.45, 7) is 10.1. The van der Waals surface area contributed by atoms with Crippen LogP contribution in [-0.2, 0) is 19.3 Å². The molecule has 1 aromatic carbocycles. The molecule has 9 heteroatoms. The van der Waals surface area contributed by atoms with Gasteiger partial charge in [0.25, 0.3) is 0 Å². The van der Waals surface area contributed by atoms with Crippen LogP contribution in [0, 0.1) is 0 Å². The van der Waals surface area contributed by atoms with Crippen molar-refractivity contribution in [3.05, 3.63) is 42.6 Å². The third-order valence-electron chi connectivity index (χ3n) is 3.73. The van der Waals surface area contributed by atoms with Gasteiger partial charge in [-0.05, 0) is 59.7 Å². The van der Waals surface area contributed by atoms with Crippen molar-refractivity contribution >= 4 is 27.8 Å². The van der Waals surface area contributed by atoms with Gasteiger partial charge in [-0.25, -0.2) is 23.0 Å². The summed E-state index contributed by atoms with van der Waals surface area (Å²) < 4.78 is 34.9. The van der Waals surface area contributed by atoms with Crippen molar-refractivity contribution in [3.8, 4) is 11.1 Å². The number of pyridine rings is 1. The van der Waals surface area contributed by atoms with Gasteiger partial charge in [0.05, 0.1) is 4.90 Å². The molecule has 0 spiro atoms. The lowest BCUT2D eigenvalue weighted by Gasteiger charge is -2.28. The fraction of sp³-hybridized carbons (Fsp3) is 0.409. The summed E-state index contributed by atoms with van der Waals surface area (Å²) in [7, 11) is -3.46. The Balaban J connectivity index is 2.48. The minimum atomic E-state index is -3.46. The molecule has 8 nitrogen and oxygen atoms in total. The lowest BCUT2D eigenvalue weighted by atomic mass is 10.1. The first-order valence-electron chi connectivity index (χ1n) is 9.60. The van der Waals surface area contributed by atoms with E-state index in [2.05, 4.69) is 4.98 Å². The quantitative estimate of drug-likeness (QED) is 0.662. The van der Waals surface area contributed by atoms with E-state index in [1.165, 1.54) is 18.3 Å². The molecule has 0 aliphatic carbocycles. The number of carbonyl (C=O) groups excluding carboxylic acids is 2. The number of nitrogens with zero attached hydrogens (tertiary/aromatic N) is 2. The van der Waals surface area contributed by atoms with Crippen LogP contribution in [0.5, 0.6) is 0 Å². The number of benzene rings is 1. The maximum atomic E-state index is 12.7. The van der Waals surface area contributed by atoms with Crippen molar-refractivity contribution in [2.24, 2.45) is 0 Å². The van der Waals surface area contributed by atoms with Crippen LogP contribution in [0.2, 0.25) is 0 Å². The summed E-state index contributed by atoms with van der Waals surface area (Å²) in [4.78, 5) is 30.5. The molecule has 0 aliphatic rings. The first-order chi connectivity index (χ1) is 14.1. The zero-order chi connectivity index (χ0) is 23.6. The van der Waals surface area contributed by atoms with E-state index in [1.807, 2.05) is 0 Å². The maximum Gasteiger partial charge on any atom is 0.425 e. The van der Waals surface area contributed by atoms with Crippen molar-refractivity contribution in [1.82, 2.24) is 4.98 Å². The largest absolute Gasteiger partial charge is 0.443 e. The molecule has 0 unspecified atom stereocenters. The molecular weight excluding hydrogens is 420 g/mol. The fourth-order valence-electron chi connectivity index (χ4n) is 2.58. The SMILES string of the molecule is CC(C)(C)OC(=O)N(C(=O)OC(C)(C)C)c1ccc(-c2ccccc2S(C)(=O)=O)cn1. The van der Waals surface area contributed by atoms with E-state index in [0.717, 1.165) is 6.26 Å². The van der Waals surface area contributed by atoms with Crippen molar-refractivity contribution in [1.29, 1.82) is 0 Å². The van der Waals surface area contributed by atoms with Gasteiger partial charge in [-0.15, -0.1) is 0 Å². The van der Waals surface area contributed by atoms with Crippen LogP contribution in [0.4, 0.5) is 15.4 Å². The van der Waals surface area contributed by atoms with Crippen molar-refractivity contribution in [2.75, 3.05) is 11.2 Å². The van der Waals surface area contributed by atoms with E-state index >= 15 is 0 Å². The van der Waals surface area contributed by atoms with Crippen molar-refractivity contribution in [2.45, 2.75) is 57.6 Å². The number of anilines is 1. The molecule has 31 heavy (non-hydrogen) atoms. The van der Waals surface area contributed by atoms with E-state index in [0.29, 0.717) is 16.0 Å². The Labute approximate surface area is 183 Å². The average Bonchev–Trinajstić information content (AvgIpc) is 2.58. The lowest BCUT2D eigenvalue weighted by Crippen LogP contribution is -2.44. The summed E-state index contributed by atoms with van der Waals surface area (Å²) in [6, 6.07) is 9.52. The number of amides is 2. The highest BCUT2D eigenvalue weighted by Gasteiger charge is 2.33. The molecular formula is C22H28N2O6S. The summed E-state index contributed by atoms with van der Waals surface area (Å²) >= 11 is 0. The Kier molecular flexibility index (Phi) is 6.80. The van der Waals surface area contributed by atoms with Gasteiger partial charge in [0.1, 0.15) is 17.0 Å². The van der Waals surface area contributed by atoms with Crippen LogP contribution in [0.25, 0.3) is 11.1 Å². The van der Waals surface area contributed by atoms with E-state index in [-0.39, 0.29) is 10.7 Å². The Morgan fingerprint density at radius 1 is 0.871 bits per heavy atom. The van der Waals surface area contributed by atoms with E-state index in [9.17, 15) is 18.0 Å². The van der Waals surface area contributed by atoms with Crippen LogP contribution in [0.15, 0.2) is 47.5 Å². The van der Waals surface area contributed by atoms with Gasteiger partial charge in [-0.1, -0.05) is 18.2 Å². The highest BCUT2D eigenvalue weighted by atomic mass is 32.2. The molecule has 0 N–H and O–H groups in total. The molecule has 0 saturated heterocycles. The number of aromatic nitrogens is 1. The average molecular weight is 449 g/mol. The number of carbonyl (C=O) groups is 2. The molecule has 2 aromatic rings. The highest BCUT2D eigenvalue weighted by Crippen LogP contribution is 2.28. The number of imide groups is 1. The molecule has 2 amide bonds. The van der Waals surface area contributed by atoms with Gasteiger partial charge >= 0.3 is 12.2 Å². The summed E-state index contributed by atoms with van der Waals surface area (Å²) in [5.74, 6) is -0.0101. The Morgan fingerprint density at radius 2 is 1.39 bits per heavy atom. The molecule has 0 aliphatic heterocycles. The first kappa shape index (κ1) is 24.3. The molecule has 0 saturated carbocycles. The van der Waals surface area contributed by atoms with Gasteiger partial charge in [0, 0.05) is 23.6 Å². The predicted molar refractivity (Wildman–Crippen MR) is 118 cm³/mol. The molecule has 2 rings (SSSR count). The van der Waals surface area contributed by atoms with E-state index in [4.69, 9.17) is 9.47 Å². The minimum absolute atomic E-state index is 0.0101. The molecule has 1 heterocycles. The van der Waals surface area contributed by atoms with Crippen LogP contribution in [-0.4, -0.2) is 43.0 Å². The standard InChI is InChI=1S/C22H28N2O6S/c1-21(2,3)29-19(25)24(20(26)30-22(4,5)6)18-13-12-15(14-23-18)16-10-8-9-11-17(16)31(7,27)28/h8-14H,1-7H3. The predicted octanol–water partition coefficient (Wildman–Crippen LogP) is 4.83. The van der Waals surface area contributed by atoms with Crippen LogP contribution >= 0.6 is 0 Å². The van der Waals surface area contributed by atoms with Crippen LogP contribution in [0.1, 0.15) is 41.5 Å². The molecule has 0 atom stereocenters. The zero-order valence-electron chi connectivity index (χ0n) is 18.8. The first-order valence-corrected chi connectivity index (χ1v) is 11.5. The number of sulfone groups is 1. The topological polar surface area (TPSA) is 103 Å². The number of hydrogen-bond donors (Lipinski definition) is 0. The smallest absolute Gasteiger partial charge is 0.425 e. The van der Waals surface area contributed by atoms with Gasteiger partial charge in [-0.2, -0.15) is 4.90 Å². The summed E-state index contributed by atoms with van der Waals surface area (Å²) in [5.41, 5.74) is -0.708. The van der Waals surface area contributed by atoms with Gasteiger partial charge < -0.3 is 9.47 Å². The normalized spacial score (nSPS) is 12.2. The molecule has 1 aromatic heterocycles. The number of hydrogen-bond acceptors (Lipinski definition) is 7. The third kappa shape index (κ3) is 6.78. The minimum Gasteiger partial charge on any atom is -0.443 e. The Morgan fingerprint density at radius 3 is 1.81 bits per heavy atom. The second kappa shape index (κ2) is 8.66. The van der Waals surface area contributed by atoms with E-state index < -0.39 is 33.2 Å². The monoisotopic (exact) mass is 448 g/mol. The summed E-state index contributed by atoms with van der Waals surface area (Å²) in [6.07, 6.45) is 0.652. The van der Waals surface area contributed by atoms with Crippen LogP contribution in [0.3, 0.4) is 0 Å².